The molecule has 2 aromatic carbocycles. The van der Waals surface area contributed by atoms with Gasteiger partial charge < -0.3 is 4.74 Å². The minimum atomic E-state index is 0.880. The molecule has 0 saturated carbocycles. The molecule has 1 heteroatoms. The van der Waals surface area contributed by atoms with Gasteiger partial charge in [-0.05, 0) is 48.2 Å². The third kappa shape index (κ3) is 5.11. The molecule has 0 amide bonds. The first-order chi connectivity index (χ1) is 10.3. The molecule has 2 rings (SSSR count). The van der Waals surface area contributed by atoms with E-state index < -0.39 is 0 Å². The third-order valence-electron chi connectivity index (χ3n) is 3.34. The summed E-state index contributed by atoms with van der Waals surface area (Å²) in [6.45, 7) is 4.38. The van der Waals surface area contributed by atoms with E-state index in [2.05, 4.69) is 50.3 Å². The lowest BCUT2D eigenvalue weighted by molar-refractivity contribution is 0.482. The van der Waals surface area contributed by atoms with E-state index in [1.165, 1.54) is 24.0 Å². The summed E-state index contributed by atoms with van der Waals surface area (Å²) in [7, 11) is 0. The molecule has 0 radical (unpaired) electrons. The maximum absolute atomic E-state index is 5.87. The average Bonchev–Trinajstić information content (AvgIpc) is 2.51. The number of allylic oxidation sites excluding steroid dienone is 1. The highest BCUT2D eigenvalue weighted by Crippen LogP contribution is 2.22. The Kier molecular flexibility index (Phi) is 6.08. The molecule has 0 spiro atoms. The molecule has 0 aliphatic carbocycles. The minimum absolute atomic E-state index is 0.880. The van der Waals surface area contributed by atoms with Crippen molar-refractivity contribution < 1.29 is 4.74 Å². The molecule has 0 bridgehead atoms. The van der Waals surface area contributed by atoms with Crippen molar-refractivity contribution >= 4 is 6.08 Å². The molecule has 21 heavy (non-hydrogen) atoms. The van der Waals surface area contributed by atoms with Crippen LogP contribution in [0, 0.1) is 0 Å². The van der Waals surface area contributed by atoms with E-state index in [0.717, 1.165) is 24.3 Å². The lowest BCUT2D eigenvalue weighted by Gasteiger charge is -2.07. The van der Waals surface area contributed by atoms with Gasteiger partial charge in [0.1, 0.15) is 11.5 Å². The molecule has 0 aromatic heterocycles. The van der Waals surface area contributed by atoms with E-state index in [1.54, 1.807) is 0 Å². The van der Waals surface area contributed by atoms with Gasteiger partial charge in [0.15, 0.2) is 0 Å². The summed E-state index contributed by atoms with van der Waals surface area (Å²) in [6, 6.07) is 16.6. The fraction of sp³-hybridized carbons (Fsp3) is 0.300. The van der Waals surface area contributed by atoms with Crippen molar-refractivity contribution in [3.63, 3.8) is 0 Å². The van der Waals surface area contributed by atoms with Crippen molar-refractivity contribution in [3.05, 3.63) is 65.7 Å². The second kappa shape index (κ2) is 8.31. The van der Waals surface area contributed by atoms with Gasteiger partial charge in [0.05, 0.1) is 0 Å². The predicted octanol–water partition coefficient (Wildman–Crippen LogP) is 6.24. The largest absolute Gasteiger partial charge is 0.457 e. The van der Waals surface area contributed by atoms with Gasteiger partial charge in [-0.3, -0.25) is 0 Å². The number of hydrogen-bond donors (Lipinski definition) is 0. The SMILES string of the molecule is CCCC=Cc1ccc(Oc2ccc(CCC)cc2)cc1. The summed E-state index contributed by atoms with van der Waals surface area (Å²) in [5, 5.41) is 0. The Morgan fingerprint density at radius 1 is 0.810 bits per heavy atom. The van der Waals surface area contributed by atoms with Crippen molar-refractivity contribution in [2.24, 2.45) is 0 Å². The van der Waals surface area contributed by atoms with Gasteiger partial charge in [-0.2, -0.15) is 0 Å². The number of ether oxygens (including phenoxy) is 1. The highest BCUT2D eigenvalue weighted by Gasteiger charge is 1.98. The minimum Gasteiger partial charge on any atom is -0.457 e. The molecular weight excluding hydrogens is 256 g/mol. The second-order valence-electron chi connectivity index (χ2n) is 5.26. The van der Waals surface area contributed by atoms with E-state index in [4.69, 9.17) is 4.74 Å². The van der Waals surface area contributed by atoms with Crippen LogP contribution >= 0.6 is 0 Å². The summed E-state index contributed by atoms with van der Waals surface area (Å²) in [4.78, 5) is 0. The maximum Gasteiger partial charge on any atom is 0.127 e. The van der Waals surface area contributed by atoms with Crippen LogP contribution < -0.4 is 4.74 Å². The molecule has 0 saturated heterocycles. The lowest BCUT2D eigenvalue weighted by atomic mass is 10.1. The van der Waals surface area contributed by atoms with Crippen molar-refractivity contribution in [1.29, 1.82) is 0 Å². The van der Waals surface area contributed by atoms with Crippen molar-refractivity contribution in [2.75, 3.05) is 0 Å². The number of hydrogen-bond acceptors (Lipinski definition) is 1. The smallest absolute Gasteiger partial charge is 0.127 e. The molecule has 0 atom stereocenters. The predicted molar refractivity (Wildman–Crippen MR) is 90.9 cm³/mol. The molecule has 0 fully saturated rings. The number of unbranched alkanes of at least 4 members (excludes halogenated alkanes) is 1. The Labute approximate surface area is 128 Å². The van der Waals surface area contributed by atoms with Gasteiger partial charge in [-0.1, -0.05) is 63.1 Å². The molecule has 0 unspecified atom stereocenters. The van der Waals surface area contributed by atoms with E-state index in [-0.39, 0.29) is 0 Å². The van der Waals surface area contributed by atoms with Crippen LogP contribution in [0.5, 0.6) is 11.5 Å². The molecule has 2 aromatic rings. The van der Waals surface area contributed by atoms with Gasteiger partial charge >= 0.3 is 0 Å². The fourth-order valence-corrected chi connectivity index (χ4v) is 2.18. The van der Waals surface area contributed by atoms with Crippen LogP contribution in [0.25, 0.3) is 6.08 Å². The van der Waals surface area contributed by atoms with Gasteiger partial charge in [0, 0.05) is 0 Å². The summed E-state index contributed by atoms with van der Waals surface area (Å²) >= 11 is 0. The molecule has 0 aliphatic rings. The Balaban J connectivity index is 1.96. The van der Waals surface area contributed by atoms with E-state index >= 15 is 0 Å². The van der Waals surface area contributed by atoms with Crippen molar-refractivity contribution in [1.82, 2.24) is 0 Å². The van der Waals surface area contributed by atoms with Crippen LogP contribution in [-0.2, 0) is 6.42 Å². The first kappa shape index (κ1) is 15.4. The highest BCUT2D eigenvalue weighted by molar-refractivity contribution is 5.50. The lowest BCUT2D eigenvalue weighted by Crippen LogP contribution is -1.86. The van der Waals surface area contributed by atoms with Crippen LogP contribution in [0.2, 0.25) is 0 Å². The van der Waals surface area contributed by atoms with E-state index in [9.17, 15) is 0 Å². The summed E-state index contributed by atoms with van der Waals surface area (Å²) in [5.74, 6) is 1.77. The first-order valence-electron chi connectivity index (χ1n) is 7.85. The van der Waals surface area contributed by atoms with Crippen LogP contribution in [0.4, 0.5) is 0 Å². The topological polar surface area (TPSA) is 9.23 Å². The summed E-state index contributed by atoms with van der Waals surface area (Å²) < 4.78 is 5.87. The Hall–Kier alpha value is -2.02. The van der Waals surface area contributed by atoms with Crippen molar-refractivity contribution in [3.8, 4) is 11.5 Å². The molecule has 0 aliphatic heterocycles. The fourth-order valence-electron chi connectivity index (χ4n) is 2.18. The average molecular weight is 280 g/mol. The van der Waals surface area contributed by atoms with Crippen LogP contribution in [0.3, 0.4) is 0 Å². The van der Waals surface area contributed by atoms with Crippen molar-refractivity contribution in [2.45, 2.75) is 39.5 Å². The maximum atomic E-state index is 5.87. The number of benzene rings is 2. The second-order valence-corrected chi connectivity index (χ2v) is 5.26. The quantitative estimate of drug-likeness (QED) is 0.583. The van der Waals surface area contributed by atoms with Crippen LogP contribution in [0.1, 0.15) is 44.2 Å². The molecule has 0 heterocycles. The first-order valence-corrected chi connectivity index (χ1v) is 7.85. The zero-order valence-electron chi connectivity index (χ0n) is 13.0. The van der Waals surface area contributed by atoms with E-state index in [1.807, 2.05) is 24.3 Å². The summed E-state index contributed by atoms with van der Waals surface area (Å²) in [6.07, 6.45) is 8.98. The molecule has 1 nitrogen and oxygen atoms in total. The van der Waals surface area contributed by atoms with Crippen LogP contribution in [-0.4, -0.2) is 0 Å². The third-order valence-corrected chi connectivity index (χ3v) is 3.34. The van der Waals surface area contributed by atoms with Gasteiger partial charge in [-0.25, -0.2) is 0 Å². The number of aryl methyl sites for hydroxylation is 1. The Morgan fingerprint density at radius 3 is 2.00 bits per heavy atom. The summed E-state index contributed by atoms with van der Waals surface area (Å²) in [5.41, 5.74) is 2.58. The van der Waals surface area contributed by atoms with E-state index in [0.29, 0.717) is 0 Å². The van der Waals surface area contributed by atoms with Crippen LogP contribution in [0.15, 0.2) is 54.6 Å². The molecular formula is C20H24O. The van der Waals surface area contributed by atoms with Gasteiger partial charge in [-0.15, -0.1) is 0 Å². The highest BCUT2D eigenvalue weighted by atomic mass is 16.5. The normalized spacial score (nSPS) is 11.0. The molecule has 0 N–H and O–H groups in total. The van der Waals surface area contributed by atoms with Gasteiger partial charge in [0.25, 0.3) is 0 Å². The monoisotopic (exact) mass is 280 g/mol. The Bertz CT molecular complexity index is 549. The standard InChI is InChI=1S/C20H24O/c1-3-5-6-8-18-11-15-20(16-12-18)21-19-13-9-17(7-4-2)10-14-19/h6,8-16H,3-5,7H2,1-2H3. The zero-order chi connectivity index (χ0) is 14.9. The molecule has 110 valence electrons. The Morgan fingerprint density at radius 2 is 1.43 bits per heavy atom. The zero-order valence-corrected chi connectivity index (χ0v) is 13.0. The van der Waals surface area contributed by atoms with Gasteiger partial charge in [0.2, 0.25) is 0 Å². The number of rotatable bonds is 7.